The third-order valence-corrected chi connectivity index (χ3v) is 2.92. The number of aliphatic imine (C=N–C) groups is 1. The third kappa shape index (κ3) is 9.76. The number of nitrogens with zero attached hydrogens (tertiary/aromatic N) is 1. The quantitative estimate of drug-likeness (QED) is 0.402. The topological polar surface area (TPSA) is 70.6 Å². The Morgan fingerprint density at radius 1 is 1.31 bits per heavy atom. The maximum absolute atomic E-state index is 10.9. The molecule has 0 aliphatic heterocycles. The molecule has 0 atom stereocenters. The van der Waals surface area contributed by atoms with Crippen molar-refractivity contribution in [2.45, 2.75) is 20.3 Å². The van der Waals surface area contributed by atoms with Crippen LogP contribution in [-0.4, -0.2) is 46.5 Å². The molecule has 0 bridgehead atoms. The predicted molar refractivity (Wildman–Crippen MR) is 68.5 cm³/mol. The monoisotopic (exact) mass is 249 g/mol. The summed E-state index contributed by atoms with van der Waals surface area (Å²) < 4.78 is 21.8. The minimum absolute atomic E-state index is 0.209. The molecule has 0 aromatic carbocycles. The largest absolute Gasteiger partial charge is 0.356 e. The van der Waals surface area contributed by atoms with Crippen LogP contribution in [0, 0.1) is 5.92 Å². The first-order valence-corrected chi connectivity index (χ1v) is 7.53. The lowest BCUT2D eigenvalue weighted by Gasteiger charge is -2.13. The number of sulfone groups is 1. The molecular weight excluding hydrogens is 226 g/mol. The van der Waals surface area contributed by atoms with Gasteiger partial charge in [0.2, 0.25) is 0 Å². The van der Waals surface area contributed by atoms with Crippen molar-refractivity contribution in [3.8, 4) is 0 Å². The van der Waals surface area contributed by atoms with Crippen molar-refractivity contribution >= 4 is 15.8 Å². The van der Waals surface area contributed by atoms with Gasteiger partial charge in [-0.1, -0.05) is 13.8 Å². The van der Waals surface area contributed by atoms with Crippen LogP contribution in [0.25, 0.3) is 0 Å². The molecule has 6 heteroatoms. The molecular formula is C10H23N3O2S. The molecule has 0 spiro atoms. The maximum atomic E-state index is 10.9. The van der Waals surface area contributed by atoms with E-state index in [1.54, 1.807) is 7.05 Å². The second-order valence-electron chi connectivity index (χ2n) is 4.26. The molecule has 2 N–H and O–H groups in total. The zero-order valence-electron chi connectivity index (χ0n) is 10.6. The van der Waals surface area contributed by atoms with E-state index < -0.39 is 9.84 Å². The Bertz CT molecular complexity index is 310. The summed E-state index contributed by atoms with van der Waals surface area (Å²) in [5.74, 6) is 1.48. The molecule has 0 aliphatic rings. The Hall–Kier alpha value is -0.780. The van der Waals surface area contributed by atoms with Crippen molar-refractivity contribution < 1.29 is 8.42 Å². The van der Waals surface area contributed by atoms with Crippen LogP contribution in [0.3, 0.4) is 0 Å². The van der Waals surface area contributed by atoms with Crippen molar-refractivity contribution in [2.24, 2.45) is 10.9 Å². The van der Waals surface area contributed by atoms with Crippen LogP contribution in [0.1, 0.15) is 20.3 Å². The van der Waals surface area contributed by atoms with Crippen LogP contribution in [0.5, 0.6) is 0 Å². The summed E-state index contributed by atoms with van der Waals surface area (Å²) in [5, 5.41) is 6.23. The fourth-order valence-electron chi connectivity index (χ4n) is 1.06. The first kappa shape index (κ1) is 15.2. The van der Waals surface area contributed by atoms with Gasteiger partial charge in [-0.25, -0.2) is 8.42 Å². The second-order valence-corrected chi connectivity index (χ2v) is 6.52. The molecule has 0 heterocycles. The first-order valence-electron chi connectivity index (χ1n) is 5.47. The van der Waals surface area contributed by atoms with Crippen LogP contribution in [-0.2, 0) is 9.84 Å². The zero-order chi connectivity index (χ0) is 12.6. The standard InChI is InChI=1S/C10H23N3O2S/c1-9(2)8-13-10(11-3)12-6-5-7-16(4,14)15/h9H,5-8H2,1-4H3,(H2,11,12,13). The second kappa shape index (κ2) is 7.49. The SMILES string of the molecule is CN=C(NCCCS(C)(=O)=O)NCC(C)C. The third-order valence-electron chi connectivity index (χ3n) is 1.89. The Morgan fingerprint density at radius 2 is 1.94 bits per heavy atom. The summed E-state index contributed by atoms with van der Waals surface area (Å²) in [6, 6.07) is 0. The van der Waals surface area contributed by atoms with Gasteiger partial charge in [0, 0.05) is 26.4 Å². The van der Waals surface area contributed by atoms with Gasteiger partial charge in [-0.05, 0) is 12.3 Å². The van der Waals surface area contributed by atoms with Crippen molar-refractivity contribution in [2.75, 3.05) is 32.1 Å². The lowest BCUT2D eigenvalue weighted by molar-refractivity contribution is 0.597. The molecule has 0 aliphatic carbocycles. The van der Waals surface area contributed by atoms with E-state index in [1.807, 2.05) is 0 Å². The predicted octanol–water partition coefficient (Wildman–Crippen LogP) is 0.242. The van der Waals surface area contributed by atoms with Crippen molar-refractivity contribution in [3.63, 3.8) is 0 Å². The van der Waals surface area contributed by atoms with Crippen molar-refractivity contribution in [3.05, 3.63) is 0 Å². The zero-order valence-corrected chi connectivity index (χ0v) is 11.4. The van der Waals surface area contributed by atoms with Gasteiger partial charge in [0.15, 0.2) is 5.96 Å². The summed E-state index contributed by atoms with van der Waals surface area (Å²) in [5.41, 5.74) is 0. The van der Waals surface area contributed by atoms with Crippen LogP contribution < -0.4 is 10.6 Å². The molecule has 0 radical (unpaired) electrons. The number of guanidine groups is 1. The Kier molecular flexibility index (Phi) is 7.12. The Morgan fingerprint density at radius 3 is 2.38 bits per heavy atom. The number of rotatable bonds is 6. The molecule has 0 aromatic heterocycles. The molecule has 0 amide bonds. The van der Waals surface area contributed by atoms with Crippen LogP contribution in [0.15, 0.2) is 4.99 Å². The summed E-state index contributed by atoms with van der Waals surface area (Å²) in [4.78, 5) is 4.04. The van der Waals surface area contributed by atoms with E-state index in [-0.39, 0.29) is 5.75 Å². The van der Waals surface area contributed by atoms with Gasteiger partial charge in [0.1, 0.15) is 9.84 Å². The highest BCUT2D eigenvalue weighted by Crippen LogP contribution is 1.88. The highest BCUT2D eigenvalue weighted by atomic mass is 32.2. The molecule has 16 heavy (non-hydrogen) atoms. The van der Waals surface area contributed by atoms with Gasteiger partial charge in [0.05, 0.1) is 5.75 Å². The molecule has 5 nitrogen and oxygen atoms in total. The van der Waals surface area contributed by atoms with E-state index in [1.165, 1.54) is 6.26 Å². The van der Waals surface area contributed by atoms with E-state index in [2.05, 4.69) is 29.5 Å². The summed E-state index contributed by atoms with van der Waals surface area (Å²) in [7, 11) is -1.15. The maximum Gasteiger partial charge on any atom is 0.190 e. The van der Waals surface area contributed by atoms with E-state index in [0.29, 0.717) is 18.9 Å². The van der Waals surface area contributed by atoms with Gasteiger partial charge in [-0.2, -0.15) is 0 Å². The van der Waals surface area contributed by atoms with Crippen LogP contribution in [0.2, 0.25) is 0 Å². The number of hydrogen-bond acceptors (Lipinski definition) is 3. The minimum Gasteiger partial charge on any atom is -0.356 e. The Labute approximate surface area is 98.6 Å². The van der Waals surface area contributed by atoms with E-state index in [0.717, 1.165) is 12.5 Å². The number of nitrogens with one attached hydrogen (secondary N) is 2. The lowest BCUT2D eigenvalue weighted by atomic mass is 10.2. The highest BCUT2D eigenvalue weighted by molar-refractivity contribution is 7.90. The van der Waals surface area contributed by atoms with Gasteiger partial charge >= 0.3 is 0 Å². The molecule has 0 aromatic rings. The Balaban J connectivity index is 3.73. The average molecular weight is 249 g/mol. The van der Waals surface area contributed by atoms with Crippen molar-refractivity contribution in [1.29, 1.82) is 0 Å². The van der Waals surface area contributed by atoms with Gasteiger partial charge in [-0.15, -0.1) is 0 Å². The summed E-state index contributed by atoms with van der Waals surface area (Å²) >= 11 is 0. The fourth-order valence-corrected chi connectivity index (χ4v) is 1.73. The summed E-state index contributed by atoms with van der Waals surface area (Å²) in [6.45, 7) is 5.70. The van der Waals surface area contributed by atoms with Gasteiger partial charge in [-0.3, -0.25) is 4.99 Å². The number of hydrogen-bond donors (Lipinski definition) is 2. The molecule has 0 fully saturated rings. The summed E-state index contributed by atoms with van der Waals surface area (Å²) in [6.07, 6.45) is 1.85. The van der Waals surface area contributed by atoms with Crippen LogP contribution in [0.4, 0.5) is 0 Å². The van der Waals surface area contributed by atoms with E-state index in [9.17, 15) is 8.42 Å². The van der Waals surface area contributed by atoms with Gasteiger partial charge < -0.3 is 10.6 Å². The fraction of sp³-hybridized carbons (Fsp3) is 0.900. The van der Waals surface area contributed by atoms with E-state index >= 15 is 0 Å². The highest BCUT2D eigenvalue weighted by Gasteiger charge is 2.02. The normalized spacial score (nSPS) is 12.9. The van der Waals surface area contributed by atoms with Crippen molar-refractivity contribution in [1.82, 2.24) is 10.6 Å². The molecule has 0 saturated heterocycles. The minimum atomic E-state index is -2.85. The molecule has 0 saturated carbocycles. The van der Waals surface area contributed by atoms with Gasteiger partial charge in [0.25, 0.3) is 0 Å². The first-order chi connectivity index (χ1) is 7.35. The van der Waals surface area contributed by atoms with Crippen LogP contribution >= 0.6 is 0 Å². The average Bonchev–Trinajstić information content (AvgIpc) is 2.15. The van der Waals surface area contributed by atoms with E-state index in [4.69, 9.17) is 0 Å². The molecule has 0 rings (SSSR count). The smallest absolute Gasteiger partial charge is 0.190 e. The molecule has 96 valence electrons. The lowest BCUT2D eigenvalue weighted by Crippen LogP contribution is -2.39. The molecule has 0 unspecified atom stereocenters.